The van der Waals surface area contributed by atoms with Gasteiger partial charge in [0, 0.05) is 13.1 Å². The van der Waals surface area contributed by atoms with E-state index < -0.39 is 5.82 Å². The van der Waals surface area contributed by atoms with Crippen LogP contribution in [0.1, 0.15) is 0 Å². The minimum absolute atomic E-state index is 0.0709. The van der Waals surface area contributed by atoms with Crippen molar-refractivity contribution in [1.82, 2.24) is 19.7 Å². The molecule has 2 N–H and O–H groups in total. The SMILES string of the molecule is Cn1ncc2c(Oc3ccc(N)c(F)c3)ncnc21. The largest absolute Gasteiger partial charge is 0.438 e. The summed E-state index contributed by atoms with van der Waals surface area (Å²) in [7, 11) is 1.77. The zero-order valence-corrected chi connectivity index (χ0v) is 10.0. The summed E-state index contributed by atoms with van der Waals surface area (Å²) in [5.74, 6) is 0.104. The average molecular weight is 259 g/mol. The molecular formula is C12H10FN5O. The molecule has 0 saturated heterocycles. The summed E-state index contributed by atoms with van der Waals surface area (Å²) >= 11 is 0. The smallest absolute Gasteiger partial charge is 0.233 e. The maximum Gasteiger partial charge on any atom is 0.233 e. The molecule has 1 aromatic carbocycles. The lowest BCUT2D eigenvalue weighted by Gasteiger charge is -2.06. The molecule has 0 fully saturated rings. The van der Waals surface area contributed by atoms with Gasteiger partial charge in [-0.1, -0.05) is 0 Å². The second-order valence-corrected chi connectivity index (χ2v) is 3.97. The number of fused-ring (bicyclic) bond motifs is 1. The van der Waals surface area contributed by atoms with Gasteiger partial charge in [-0.15, -0.1) is 0 Å². The van der Waals surface area contributed by atoms with Crippen LogP contribution in [0, 0.1) is 5.82 Å². The molecular weight excluding hydrogens is 249 g/mol. The van der Waals surface area contributed by atoms with Crippen molar-refractivity contribution in [1.29, 1.82) is 0 Å². The van der Waals surface area contributed by atoms with Gasteiger partial charge in [-0.2, -0.15) is 5.10 Å². The number of rotatable bonds is 2. The average Bonchev–Trinajstić information content (AvgIpc) is 2.77. The fourth-order valence-corrected chi connectivity index (χ4v) is 1.70. The second-order valence-electron chi connectivity index (χ2n) is 3.97. The summed E-state index contributed by atoms with van der Waals surface area (Å²) < 4.78 is 20.5. The van der Waals surface area contributed by atoms with E-state index in [0.29, 0.717) is 22.7 Å². The highest BCUT2D eigenvalue weighted by Crippen LogP contribution is 2.27. The van der Waals surface area contributed by atoms with Gasteiger partial charge in [0.25, 0.3) is 0 Å². The maximum atomic E-state index is 13.3. The molecule has 0 radical (unpaired) electrons. The van der Waals surface area contributed by atoms with Crippen LogP contribution in [0.3, 0.4) is 0 Å². The molecule has 0 aliphatic carbocycles. The number of hydrogen-bond acceptors (Lipinski definition) is 5. The van der Waals surface area contributed by atoms with Gasteiger partial charge >= 0.3 is 0 Å². The fraction of sp³-hybridized carbons (Fsp3) is 0.0833. The van der Waals surface area contributed by atoms with Crippen molar-refractivity contribution in [2.24, 2.45) is 7.05 Å². The highest BCUT2D eigenvalue weighted by atomic mass is 19.1. The summed E-state index contributed by atoms with van der Waals surface area (Å²) in [5, 5.41) is 4.72. The first-order valence-corrected chi connectivity index (χ1v) is 5.51. The highest BCUT2D eigenvalue weighted by Gasteiger charge is 2.10. The van der Waals surface area contributed by atoms with Gasteiger partial charge in [-0.3, -0.25) is 4.68 Å². The molecule has 0 unspecified atom stereocenters. The van der Waals surface area contributed by atoms with Crippen LogP contribution in [0.15, 0.2) is 30.7 Å². The first kappa shape index (κ1) is 11.4. The number of nitrogens with zero attached hydrogens (tertiary/aromatic N) is 4. The van der Waals surface area contributed by atoms with Gasteiger partial charge < -0.3 is 10.5 Å². The van der Waals surface area contributed by atoms with Crippen LogP contribution in [-0.2, 0) is 7.05 Å². The van der Waals surface area contributed by atoms with Crippen LogP contribution in [-0.4, -0.2) is 19.7 Å². The number of halogens is 1. The van der Waals surface area contributed by atoms with Crippen LogP contribution in [0.5, 0.6) is 11.6 Å². The van der Waals surface area contributed by atoms with E-state index in [1.807, 2.05) is 0 Å². The van der Waals surface area contributed by atoms with Crippen molar-refractivity contribution in [3.05, 3.63) is 36.5 Å². The molecule has 7 heteroatoms. The number of nitrogen functional groups attached to an aromatic ring is 1. The monoisotopic (exact) mass is 259 g/mol. The molecule has 0 aliphatic rings. The zero-order valence-electron chi connectivity index (χ0n) is 10.0. The minimum atomic E-state index is -0.533. The van der Waals surface area contributed by atoms with E-state index >= 15 is 0 Å². The predicted octanol–water partition coefficient (Wildman–Crippen LogP) is 1.88. The molecule has 2 heterocycles. The third kappa shape index (κ3) is 1.95. The topological polar surface area (TPSA) is 78.9 Å². The summed E-state index contributed by atoms with van der Waals surface area (Å²) in [6.45, 7) is 0. The molecule has 0 atom stereocenters. The molecule has 6 nitrogen and oxygen atoms in total. The molecule has 3 rings (SSSR count). The van der Waals surface area contributed by atoms with E-state index in [2.05, 4.69) is 15.1 Å². The van der Waals surface area contributed by atoms with Gasteiger partial charge in [-0.25, -0.2) is 14.4 Å². The minimum Gasteiger partial charge on any atom is -0.438 e. The van der Waals surface area contributed by atoms with Crippen LogP contribution < -0.4 is 10.5 Å². The van der Waals surface area contributed by atoms with Crippen molar-refractivity contribution in [2.45, 2.75) is 0 Å². The summed E-state index contributed by atoms with van der Waals surface area (Å²) in [5.41, 5.74) is 6.12. The van der Waals surface area contributed by atoms with Crippen LogP contribution in [0.4, 0.5) is 10.1 Å². The van der Waals surface area contributed by atoms with Gasteiger partial charge in [0.2, 0.25) is 5.88 Å². The Balaban J connectivity index is 2.03. The normalized spacial score (nSPS) is 10.8. The van der Waals surface area contributed by atoms with Crippen molar-refractivity contribution >= 4 is 16.7 Å². The number of hydrogen-bond donors (Lipinski definition) is 1. The Labute approximate surface area is 107 Å². The quantitative estimate of drug-likeness (QED) is 0.711. The molecule has 0 aliphatic heterocycles. The van der Waals surface area contributed by atoms with E-state index in [9.17, 15) is 4.39 Å². The first-order chi connectivity index (χ1) is 9.15. The standard InChI is InChI=1S/C12H10FN5O/c1-18-11-8(5-17-18)12(16-6-15-11)19-7-2-3-10(14)9(13)4-7/h2-6H,14H2,1H3. The number of aryl methyl sites for hydroxylation is 1. The van der Waals surface area contributed by atoms with Crippen LogP contribution in [0.2, 0.25) is 0 Å². The molecule has 0 saturated carbocycles. The zero-order chi connectivity index (χ0) is 13.4. The van der Waals surface area contributed by atoms with E-state index in [4.69, 9.17) is 10.5 Å². The Kier molecular flexibility index (Phi) is 2.52. The van der Waals surface area contributed by atoms with E-state index in [1.54, 1.807) is 24.0 Å². The second kappa shape index (κ2) is 4.20. The van der Waals surface area contributed by atoms with E-state index in [1.165, 1.54) is 18.5 Å². The molecule has 3 aromatic rings. The lowest BCUT2D eigenvalue weighted by Crippen LogP contribution is -1.95. The number of benzene rings is 1. The maximum absolute atomic E-state index is 13.3. The Morgan fingerprint density at radius 3 is 2.95 bits per heavy atom. The van der Waals surface area contributed by atoms with Crippen LogP contribution >= 0.6 is 0 Å². The third-order valence-corrected chi connectivity index (χ3v) is 2.68. The molecule has 2 aromatic heterocycles. The highest BCUT2D eigenvalue weighted by molar-refractivity contribution is 5.79. The lowest BCUT2D eigenvalue weighted by molar-refractivity contribution is 0.463. The van der Waals surface area contributed by atoms with Crippen molar-refractivity contribution in [3.63, 3.8) is 0 Å². The van der Waals surface area contributed by atoms with Gasteiger partial charge in [0.15, 0.2) is 5.65 Å². The third-order valence-electron chi connectivity index (χ3n) is 2.68. The fourth-order valence-electron chi connectivity index (χ4n) is 1.70. The van der Waals surface area contributed by atoms with Crippen molar-refractivity contribution in [2.75, 3.05) is 5.73 Å². The Hall–Kier alpha value is -2.70. The van der Waals surface area contributed by atoms with Gasteiger partial charge in [0.1, 0.15) is 23.3 Å². The van der Waals surface area contributed by atoms with Gasteiger partial charge in [-0.05, 0) is 12.1 Å². The summed E-state index contributed by atoms with van der Waals surface area (Å²) in [4.78, 5) is 8.12. The molecule has 96 valence electrons. The summed E-state index contributed by atoms with van der Waals surface area (Å²) in [6, 6.07) is 4.22. The van der Waals surface area contributed by atoms with Crippen molar-refractivity contribution in [3.8, 4) is 11.6 Å². The Morgan fingerprint density at radius 2 is 2.16 bits per heavy atom. The molecule has 0 bridgehead atoms. The number of anilines is 1. The predicted molar refractivity (Wildman–Crippen MR) is 67.2 cm³/mol. The van der Waals surface area contributed by atoms with Gasteiger partial charge in [0.05, 0.1) is 11.9 Å². The Bertz CT molecular complexity index is 755. The lowest BCUT2D eigenvalue weighted by atomic mass is 10.3. The van der Waals surface area contributed by atoms with E-state index in [0.717, 1.165) is 0 Å². The first-order valence-electron chi connectivity index (χ1n) is 5.51. The summed E-state index contributed by atoms with van der Waals surface area (Å²) in [6.07, 6.45) is 2.96. The number of nitrogens with two attached hydrogens (primary N) is 1. The molecule has 0 amide bonds. The van der Waals surface area contributed by atoms with Crippen LogP contribution in [0.25, 0.3) is 11.0 Å². The van der Waals surface area contributed by atoms with E-state index in [-0.39, 0.29) is 5.69 Å². The number of ether oxygens (including phenoxy) is 1. The molecule has 0 spiro atoms. The Morgan fingerprint density at radius 1 is 1.32 bits per heavy atom. The number of aromatic nitrogens is 4. The van der Waals surface area contributed by atoms with Crippen molar-refractivity contribution < 1.29 is 9.13 Å². The molecule has 19 heavy (non-hydrogen) atoms.